The molecule has 1 rings (SSSR count). The molecule has 0 aromatic heterocycles. The third kappa shape index (κ3) is 3.46. The summed E-state index contributed by atoms with van der Waals surface area (Å²) >= 11 is 0. The smallest absolute Gasteiger partial charge is 0.142 e. The molecule has 0 saturated heterocycles. The summed E-state index contributed by atoms with van der Waals surface area (Å²) in [6.45, 7) is 4.59. The molecule has 16 heavy (non-hydrogen) atoms. The fourth-order valence-electron chi connectivity index (χ4n) is 1.77. The number of Topliss-reactive ketones (excluding diaryl/α,β-unsaturated/α-hetero) is 1. The molecule has 1 aromatic rings. The summed E-state index contributed by atoms with van der Waals surface area (Å²) in [6.07, 6.45) is 0.798. The highest BCUT2D eigenvalue weighted by Gasteiger charge is 2.20. The van der Waals surface area contributed by atoms with E-state index >= 15 is 0 Å². The van der Waals surface area contributed by atoms with E-state index in [0.717, 1.165) is 12.0 Å². The Morgan fingerprint density at radius 2 is 1.88 bits per heavy atom. The zero-order valence-corrected chi connectivity index (χ0v) is 10.3. The zero-order chi connectivity index (χ0) is 12.0. The average Bonchev–Trinajstić information content (AvgIpc) is 2.35. The van der Waals surface area contributed by atoms with Crippen LogP contribution in [0.1, 0.15) is 31.7 Å². The second-order valence-corrected chi connectivity index (χ2v) is 4.22. The minimum atomic E-state index is -0.0203. The maximum absolute atomic E-state index is 12.1. The molecule has 2 atom stereocenters. The first-order chi connectivity index (χ1) is 7.66. The standard InChI is InChI=1S/C14H20O2/c1-11(9-10-16-3)14(15)12(2)13-7-5-4-6-8-13/h4-8,11-12H,9-10H2,1-3H3. The van der Waals surface area contributed by atoms with Gasteiger partial charge in [0, 0.05) is 25.6 Å². The molecule has 0 fully saturated rings. The number of ketones is 1. The minimum Gasteiger partial charge on any atom is -0.385 e. The van der Waals surface area contributed by atoms with E-state index in [1.807, 2.05) is 44.2 Å². The Morgan fingerprint density at radius 3 is 2.44 bits per heavy atom. The lowest BCUT2D eigenvalue weighted by atomic mass is 9.88. The van der Waals surface area contributed by atoms with Crippen molar-refractivity contribution in [3.63, 3.8) is 0 Å². The van der Waals surface area contributed by atoms with Crippen LogP contribution >= 0.6 is 0 Å². The second kappa shape index (κ2) is 6.44. The number of carbonyl (C=O) groups excluding carboxylic acids is 1. The Balaban J connectivity index is 2.60. The number of methoxy groups -OCH3 is 1. The Labute approximate surface area is 97.6 Å². The lowest BCUT2D eigenvalue weighted by Gasteiger charge is -2.16. The van der Waals surface area contributed by atoms with Crippen molar-refractivity contribution in [1.29, 1.82) is 0 Å². The predicted octanol–water partition coefficient (Wildman–Crippen LogP) is 3.03. The Bertz CT molecular complexity index is 319. The Morgan fingerprint density at radius 1 is 1.25 bits per heavy atom. The van der Waals surface area contributed by atoms with Crippen LogP contribution in [0.25, 0.3) is 0 Å². The largest absolute Gasteiger partial charge is 0.385 e. The normalized spacial score (nSPS) is 14.4. The van der Waals surface area contributed by atoms with E-state index in [0.29, 0.717) is 12.4 Å². The molecule has 2 heteroatoms. The molecule has 0 N–H and O–H groups in total. The van der Waals surface area contributed by atoms with E-state index in [9.17, 15) is 4.79 Å². The fraction of sp³-hybridized carbons (Fsp3) is 0.500. The number of ether oxygens (including phenoxy) is 1. The first-order valence-electron chi connectivity index (χ1n) is 5.74. The van der Waals surface area contributed by atoms with E-state index in [2.05, 4.69) is 0 Å². The van der Waals surface area contributed by atoms with Gasteiger partial charge in [-0.05, 0) is 12.0 Å². The molecule has 88 valence electrons. The van der Waals surface area contributed by atoms with E-state index < -0.39 is 0 Å². The minimum absolute atomic E-state index is 0.0203. The maximum Gasteiger partial charge on any atom is 0.142 e. The molecule has 0 amide bonds. The van der Waals surface area contributed by atoms with Gasteiger partial charge in [-0.25, -0.2) is 0 Å². The Hall–Kier alpha value is -1.15. The van der Waals surface area contributed by atoms with Crippen LogP contribution in [-0.4, -0.2) is 19.5 Å². The number of carbonyl (C=O) groups is 1. The van der Waals surface area contributed by atoms with Crippen LogP contribution in [0.3, 0.4) is 0 Å². The van der Waals surface area contributed by atoms with Gasteiger partial charge < -0.3 is 4.74 Å². The van der Waals surface area contributed by atoms with Gasteiger partial charge in [0.2, 0.25) is 0 Å². The summed E-state index contributed by atoms with van der Waals surface area (Å²) in [4.78, 5) is 12.1. The summed E-state index contributed by atoms with van der Waals surface area (Å²) in [6, 6.07) is 9.92. The third-order valence-corrected chi connectivity index (χ3v) is 2.97. The van der Waals surface area contributed by atoms with Crippen molar-refractivity contribution in [1.82, 2.24) is 0 Å². The molecule has 0 aliphatic rings. The van der Waals surface area contributed by atoms with Crippen molar-refractivity contribution in [2.45, 2.75) is 26.2 Å². The van der Waals surface area contributed by atoms with Gasteiger partial charge in [-0.15, -0.1) is 0 Å². The molecule has 0 saturated carbocycles. The number of hydrogen-bond acceptors (Lipinski definition) is 2. The third-order valence-electron chi connectivity index (χ3n) is 2.97. The van der Waals surface area contributed by atoms with Crippen molar-refractivity contribution in [2.24, 2.45) is 5.92 Å². The lowest BCUT2D eigenvalue weighted by molar-refractivity contribution is -0.124. The van der Waals surface area contributed by atoms with Crippen LogP contribution in [0.5, 0.6) is 0 Å². The molecular weight excluding hydrogens is 200 g/mol. The van der Waals surface area contributed by atoms with Crippen molar-refractivity contribution >= 4 is 5.78 Å². The summed E-state index contributed by atoms with van der Waals surface area (Å²) in [5, 5.41) is 0. The highest BCUT2D eigenvalue weighted by molar-refractivity contribution is 5.87. The summed E-state index contributed by atoms with van der Waals surface area (Å²) in [5.41, 5.74) is 1.09. The van der Waals surface area contributed by atoms with Gasteiger partial charge in [-0.3, -0.25) is 4.79 Å². The molecule has 0 aliphatic carbocycles. The molecule has 2 nitrogen and oxygen atoms in total. The summed E-state index contributed by atoms with van der Waals surface area (Å²) < 4.78 is 5.00. The van der Waals surface area contributed by atoms with E-state index in [-0.39, 0.29) is 11.8 Å². The van der Waals surface area contributed by atoms with Crippen molar-refractivity contribution in [2.75, 3.05) is 13.7 Å². The van der Waals surface area contributed by atoms with Gasteiger partial charge in [0.15, 0.2) is 0 Å². The number of benzene rings is 1. The van der Waals surface area contributed by atoms with Crippen LogP contribution in [0.4, 0.5) is 0 Å². The highest BCUT2D eigenvalue weighted by Crippen LogP contribution is 2.21. The number of hydrogen-bond donors (Lipinski definition) is 0. The molecule has 0 heterocycles. The van der Waals surface area contributed by atoms with Gasteiger partial charge in [-0.1, -0.05) is 44.2 Å². The number of rotatable bonds is 6. The van der Waals surface area contributed by atoms with Gasteiger partial charge >= 0.3 is 0 Å². The van der Waals surface area contributed by atoms with Crippen molar-refractivity contribution < 1.29 is 9.53 Å². The molecule has 0 bridgehead atoms. The van der Waals surface area contributed by atoms with Crippen molar-refractivity contribution in [3.05, 3.63) is 35.9 Å². The SMILES string of the molecule is COCCC(C)C(=O)C(C)c1ccccc1. The van der Waals surface area contributed by atoms with Crippen molar-refractivity contribution in [3.8, 4) is 0 Å². The fourth-order valence-corrected chi connectivity index (χ4v) is 1.77. The van der Waals surface area contributed by atoms with E-state index in [1.165, 1.54) is 0 Å². The molecular formula is C14H20O2. The van der Waals surface area contributed by atoms with E-state index in [4.69, 9.17) is 4.74 Å². The van der Waals surface area contributed by atoms with Crippen LogP contribution in [0.15, 0.2) is 30.3 Å². The van der Waals surface area contributed by atoms with Gasteiger partial charge in [0.25, 0.3) is 0 Å². The van der Waals surface area contributed by atoms with E-state index in [1.54, 1.807) is 7.11 Å². The lowest BCUT2D eigenvalue weighted by Crippen LogP contribution is -2.19. The van der Waals surface area contributed by atoms with Gasteiger partial charge in [-0.2, -0.15) is 0 Å². The van der Waals surface area contributed by atoms with Gasteiger partial charge in [0.05, 0.1) is 0 Å². The maximum atomic E-state index is 12.1. The van der Waals surface area contributed by atoms with Crippen LogP contribution in [0.2, 0.25) is 0 Å². The molecule has 1 aromatic carbocycles. The Kier molecular flexibility index (Phi) is 5.20. The first-order valence-corrected chi connectivity index (χ1v) is 5.74. The van der Waals surface area contributed by atoms with Crippen LogP contribution < -0.4 is 0 Å². The van der Waals surface area contributed by atoms with Crippen LogP contribution in [-0.2, 0) is 9.53 Å². The van der Waals surface area contributed by atoms with Gasteiger partial charge in [0.1, 0.15) is 5.78 Å². The topological polar surface area (TPSA) is 26.3 Å². The quantitative estimate of drug-likeness (QED) is 0.736. The molecule has 0 spiro atoms. The molecule has 0 aliphatic heterocycles. The zero-order valence-electron chi connectivity index (χ0n) is 10.3. The average molecular weight is 220 g/mol. The van der Waals surface area contributed by atoms with Crippen LogP contribution in [0, 0.1) is 5.92 Å². The predicted molar refractivity (Wildman–Crippen MR) is 65.5 cm³/mol. The second-order valence-electron chi connectivity index (χ2n) is 4.22. The highest BCUT2D eigenvalue weighted by atomic mass is 16.5. The summed E-state index contributed by atoms with van der Waals surface area (Å²) in [7, 11) is 1.66. The molecule has 2 unspecified atom stereocenters. The first kappa shape index (κ1) is 12.9. The monoisotopic (exact) mass is 220 g/mol. The summed E-state index contributed by atoms with van der Waals surface area (Å²) in [5.74, 6) is 0.339. The molecule has 0 radical (unpaired) electrons.